The van der Waals surface area contributed by atoms with Crippen LogP contribution in [0.25, 0.3) is 0 Å². The first-order valence-electron chi connectivity index (χ1n) is 7.90. The van der Waals surface area contributed by atoms with Crippen molar-refractivity contribution in [2.24, 2.45) is 0 Å². The molecular weight excluding hydrogens is 308 g/mol. The lowest BCUT2D eigenvalue weighted by Crippen LogP contribution is -3.13. The third kappa shape index (κ3) is 3.57. The minimum absolute atomic E-state index is 0.00663. The number of quaternary nitrogens is 1. The summed E-state index contributed by atoms with van der Waals surface area (Å²) in [7, 11) is 0. The molecule has 0 aliphatic carbocycles. The summed E-state index contributed by atoms with van der Waals surface area (Å²) in [6.45, 7) is 3.44. The maximum atomic E-state index is 12.4. The van der Waals surface area contributed by atoms with Crippen molar-refractivity contribution in [2.45, 2.75) is 6.54 Å². The van der Waals surface area contributed by atoms with Gasteiger partial charge in [-0.05, 0) is 18.2 Å². The number of carbonyl (C=O) groups excluding carboxylic acids is 1. The fraction of sp³-hybridized carbons (Fsp3) is 0.294. The van der Waals surface area contributed by atoms with Crippen molar-refractivity contribution in [1.29, 1.82) is 0 Å². The molecule has 0 saturated carbocycles. The van der Waals surface area contributed by atoms with Crippen molar-refractivity contribution in [1.82, 2.24) is 9.88 Å². The van der Waals surface area contributed by atoms with E-state index in [0.717, 1.165) is 18.7 Å². The largest absolute Gasteiger partial charge is 0.328 e. The molecule has 1 aromatic heterocycles. The number of para-hydroxylation sites is 1. The monoisotopic (exact) mass is 327 g/mol. The van der Waals surface area contributed by atoms with E-state index in [1.54, 1.807) is 36.7 Å². The Labute approximate surface area is 139 Å². The number of hydrogen-bond acceptors (Lipinski definition) is 4. The zero-order valence-electron chi connectivity index (χ0n) is 13.2. The van der Waals surface area contributed by atoms with Crippen LogP contribution in [0.4, 0.5) is 5.69 Å². The SMILES string of the molecule is O=C(c1cccnc1)N1CC[NH+](Cc2ccccc2[N+](=O)[O-])CC1. The van der Waals surface area contributed by atoms with Crippen LogP contribution in [0.3, 0.4) is 0 Å². The number of aromatic nitrogens is 1. The second-order valence-electron chi connectivity index (χ2n) is 5.85. The van der Waals surface area contributed by atoms with Crippen molar-refractivity contribution < 1.29 is 14.6 Å². The third-order valence-electron chi connectivity index (χ3n) is 4.30. The average molecular weight is 327 g/mol. The molecule has 3 rings (SSSR count). The molecule has 0 bridgehead atoms. The highest BCUT2D eigenvalue weighted by Gasteiger charge is 2.26. The Morgan fingerprint density at radius 2 is 1.96 bits per heavy atom. The van der Waals surface area contributed by atoms with E-state index in [-0.39, 0.29) is 16.5 Å². The normalized spacial score (nSPS) is 15.2. The Hall–Kier alpha value is -2.80. The number of piperazine rings is 1. The Kier molecular flexibility index (Phi) is 4.81. The minimum Gasteiger partial charge on any atom is -0.328 e. The number of nitro benzene ring substituents is 1. The van der Waals surface area contributed by atoms with Crippen LogP contribution in [0.1, 0.15) is 15.9 Å². The molecule has 124 valence electrons. The fourth-order valence-electron chi connectivity index (χ4n) is 2.98. The number of rotatable bonds is 4. The molecule has 1 saturated heterocycles. The van der Waals surface area contributed by atoms with E-state index in [2.05, 4.69) is 4.98 Å². The Bertz CT molecular complexity index is 728. The molecule has 1 aliphatic heterocycles. The number of benzene rings is 1. The second kappa shape index (κ2) is 7.18. The van der Waals surface area contributed by atoms with Crippen LogP contribution >= 0.6 is 0 Å². The summed E-state index contributed by atoms with van der Waals surface area (Å²) in [5, 5.41) is 11.1. The molecule has 1 fully saturated rings. The molecule has 0 radical (unpaired) electrons. The molecule has 0 spiro atoms. The van der Waals surface area contributed by atoms with Crippen LogP contribution in [0.15, 0.2) is 48.8 Å². The third-order valence-corrected chi connectivity index (χ3v) is 4.30. The van der Waals surface area contributed by atoms with Gasteiger partial charge in [0.2, 0.25) is 0 Å². The van der Waals surface area contributed by atoms with E-state index < -0.39 is 0 Å². The maximum Gasteiger partial charge on any atom is 0.278 e. The molecule has 1 aliphatic rings. The van der Waals surface area contributed by atoms with E-state index >= 15 is 0 Å². The van der Waals surface area contributed by atoms with Gasteiger partial charge < -0.3 is 9.80 Å². The van der Waals surface area contributed by atoms with E-state index in [9.17, 15) is 14.9 Å². The van der Waals surface area contributed by atoms with Crippen molar-refractivity contribution in [2.75, 3.05) is 26.2 Å². The molecule has 2 heterocycles. The molecule has 24 heavy (non-hydrogen) atoms. The van der Waals surface area contributed by atoms with Crippen molar-refractivity contribution in [3.8, 4) is 0 Å². The number of pyridine rings is 1. The number of hydrogen-bond donors (Lipinski definition) is 1. The summed E-state index contributed by atoms with van der Waals surface area (Å²) < 4.78 is 0. The van der Waals surface area contributed by atoms with Crippen LogP contribution in [0.2, 0.25) is 0 Å². The highest BCUT2D eigenvalue weighted by Crippen LogP contribution is 2.16. The highest BCUT2D eigenvalue weighted by atomic mass is 16.6. The topological polar surface area (TPSA) is 80.8 Å². The van der Waals surface area contributed by atoms with E-state index in [1.807, 2.05) is 11.0 Å². The van der Waals surface area contributed by atoms with Crippen LogP contribution in [0.5, 0.6) is 0 Å². The van der Waals surface area contributed by atoms with E-state index in [0.29, 0.717) is 25.2 Å². The molecule has 2 aromatic rings. The van der Waals surface area contributed by atoms with E-state index in [4.69, 9.17) is 0 Å². The summed E-state index contributed by atoms with van der Waals surface area (Å²) in [6, 6.07) is 10.4. The summed E-state index contributed by atoms with van der Waals surface area (Å²) in [4.78, 5) is 30.2. The van der Waals surface area contributed by atoms with Gasteiger partial charge in [-0.2, -0.15) is 0 Å². The van der Waals surface area contributed by atoms with Crippen LogP contribution < -0.4 is 4.90 Å². The first kappa shape index (κ1) is 16.1. The quantitative estimate of drug-likeness (QED) is 0.656. The second-order valence-corrected chi connectivity index (χ2v) is 5.85. The van der Waals surface area contributed by atoms with Gasteiger partial charge in [-0.3, -0.25) is 19.9 Å². The molecular formula is C17H19N4O3+. The predicted molar refractivity (Wildman–Crippen MR) is 87.6 cm³/mol. The van der Waals surface area contributed by atoms with Crippen LogP contribution in [0, 0.1) is 10.1 Å². The molecule has 1 amide bonds. The molecule has 0 atom stereocenters. The number of nitrogens with one attached hydrogen (secondary N) is 1. The zero-order valence-corrected chi connectivity index (χ0v) is 13.2. The van der Waals surface area contributed by atoms with Crippen molar-refractivity contribution in [3.05, 3.63) is 70.0 Å². The lowest BCUT2D eigenvalue weighted by Gasteiger charge is -2.32. The van der Waals surface area contributed by atoms with Gasteiger partial charge in [0, 0.05) is 18.5 Å². The summed E-state index contributed by atoms with van der Waals surface area (Å²) in [6.07, 6.45) is 3.22. The minimum atomic E-state index is -0.336. The van der Waals surface area contributed by atoms with Gasteiger partial charge in [0.15, 0.2) is 0 Å². The number of carbonyl (C=O) groups is 1. The summed E-state index contributed by atoms with van der Waals surface area (Å²) in [5.41, 5.74) is 1.50. The fourth-order valence-corrected chi connectivity index (χ4v) is 2.98. The summed E-state index contributed by atoms with van der Waals surface area (Å²) >= 11 is 0. The first-order chi connectivity index (χ1) is 11.6. The molecule has 0 unspecified atom stereocenters. The number of nitro groups is 1. The Morgan fingerprint density at radius 3 is 2.62 bits per heavy atom. The zero-order chi connectivity index (χ0) is 16.9. The lowest BCUT2D eigenvalue weighted by molar-refractivity contribution is -0.917. The van der Waals surface area contributed by atoms with Gasteiger partial charge in [0.25, 0.3) is 11.6 Å². The Balaban J connectivity index is 1.60. The lowest BCUT2D eigenvalue weighted by atomic mass is 10.1. The first-order valence-corrected chi connectivity index (χ1v) is 7.90. The maximum absolute atomic E-state index is 12.4. The van der Waals surface area contributed by atoms with Crippen molar-refractivity contribution in [3.63, 3.8) is 0 Å². The van der Waals surface area contributed by atoms with E-state index in [1.165, 1.54) is 11.0 Å². The van der Waals surface area contributed by atoms with Gasteiger partial charge in [0.1, 0.15) is 6.54 Å². The summed E-state index contributed by atoms with van der Waals surface area (Å²) in [5.74, 6) is -0.00663. The predicted octanol–water partition coefficient (Wildman–Crippen LogP) is 0.531. The average Bonchev–Trinajstić information content (AvgIpc) is 2.63. The Morgan fingerprint density at radius 1 is 1.21 bits per heavy atom. The molecule has 7 heteroatoms. The highest BCUT2D eigenvalue weighted by molar-refractivity contribution is 5.93. The van der Waals surface area contributed by atoms with Gasteiger partial charge in [-0.15, -0.1) is 0 Å². The molecule has 1 aromatic carbocycles. The van der Waals surface area contributed by atoms with Gasteiger partial charge in [0.05, 0.1) is 42.2 Å². The molecule has 7 nitrogen and oxygen atoms in total. The number of nitrogens with zero attached hydrogens (tertiary/aromatic N) is 3. The van der Waals surface area contributed by atoms with Crippen LogP contribution in [-0.4, -0.2) is 46.9 Å². The van der Waals surface area contributed by atoms with Gasteiger partial charge in [-0.25, -0.2) is 0 Å². The van der Waals surface area contributed by atoms with Crippen LogP contribution in [-0.2, 0) is 6.54 Å². The number of amides is 1. The van der Waals surface area contributed by atoms with Crippen molar-refractivity contribution >= 4 is 11.6 Å². The molecule has 1 N–H and O–H groups in total. The van der Waals surface area contributed by atoms with Gasteiger partial charge in [-0.1, -0.05) is 12.1 Å². The van der Waals surface area contributed by atoms with Gasteiger partial charge >= 0.3 is 0 Å². The smallest absolute Gasteiger partial charge is 0.278 e. The standard InChI is InChI=1S/C17H18N4O3/c22-17(14-5-3-7-18-12-14)20-10-8-19(9-11-20)13-15-4-1-2-6-16(15)21(23)24/h1-7,12H,8-11,13H2/p+1.